The molecule has 0 aliphatic carbocycles. The first kappa shape index (κ1) is 34.3. The lowest BCUT2D eigenvalue weighted by atomic mass is 10.0. The molecular formula is C29H45F5O4. The molecule has 0 spiro atoms. The Morgan fingerprint density at radius 1 is 0.500 bits per heavy atom. The molecule has 0 aromatic heterocycles. The number of hydrogen-bond donors (Lipinski definition) is 0. The highest BCUT2D eigenvalue weighted by Gasteiger charge is 2.28. The van der Waals surface area contributed by atoms with E-state index in [0.29, 0.717) is 13.2 Å². The molecule has 0 fully saturated rings. The van der Waals surface area contributed by atoms with Crippen molar-refractivity contribution in [3.63, 3.8) is 0 Å². The van der Waals surface area contributed by atoms with Gasteiger partial charge in [-0.2, -0.15) is 8.78 Å². The zero-order valence-corrected chi connectivity index (χ0v) is 22.9. The van der Waals surface area contributed by atoms with Gasteiger partial charge in [0.1, 0.15) is 0 Å². The van der Waals surface area contributed by atoms with E-state index in [-0.39, 0.29) is 13.2 Å². The van der Waals surface area contributed by atoms with Crippen LogP contribution in [0.2, 0.25) is 0 Å². The van der Waals surface area contributed by atoms with E-state index in [1.54, 1.807) is 0 Å². The second kappa shape index (κ2) is 22.1. The van der Waals surface area contributed by atoms with Gasteiger partial charge in [-0.25, -0.2) is 13.2 Å². The Balaban J connectivity index is 1.88. The first-order valence-corrected chi connectivity index (χ1v) is 14.3. The van der Waals surface area contributed by atoms with Crippen LogP contribution in [-0.2, 0) is 14.3 Å². The first-order chi connectivity index (χ1) is 18.4. The number of halogens is 5. The second-order valence-corrected chi connectivity index (χ2v) is 9.65. The first-order valence-electron chi connectivity index (χ1n) is 14.3. The zero-order valence-electron chi connectivity index (χ0n) is 22.9. The van der Waals surface area contributed by atoms with E-state index in [1.165, 1.54) is 89.9 Å². The lowest BCUT2D eigenvalue weighted by Gasteiger charge is -2.09. The van der Waals surface area contributed by atoms with E-state index < -0.39 is 47.2 Å². The Bertz CT molecular complexity index is 747. The molecule has 1 rings (SSSR count). The fourth-order valence-electron chi connectivity index (χ4n) is 4.07. The van der Waals surface area contributed by atoms with Crippen molar-refractivity contribution in [2.45, 2.75) is 116 Å². The molecule has 0 aliphatic heterocycles. The predicted molar refractivity (Wildman–Crippen MR) is 138 cm³/mol. The Morgan fingerprint density at radius 2 is 0.868 bits per heavy atom. The van der Waals surface area contributed by atoms with Crippen LogP contribution in [-0.4, -0.2) is 32.4 Å². The van der Waals surface area contributed by atoms with Gasteiger partial charge in [0.15, 0.2) is 0 Å². The van der Waals surface area contributed by atoms with Crippen LogP contribution in [0, 0.1) is 29.1 Å². The van der Waals surface area contributed by atoms with Crippen LogP contribution in [0.3, 0.4) is 0 Å². The summed E-state index contributed by atoms with van der Waals surface area (Å²) in [4.78, 5) is 11.6. The monoisotopic (exact) mass is 552 g/mol. The smallest absolute Gasteiger partial charge is 0.313 e. The quantitative estimate of drug-likeness (QED) is 0.0321. The molecule has 0 radical (unpaired) electrons. The molecule has 0 N–H and O–H groups in total. The molecule has 0 unspecified atom stereocenters. The Labute approximate surface area is 224 Å². The van der Waals surface area contributed by atoms with Crippen LogP contribution >= 0.6 is 0 Å². The minimum atomic E-state index is -2.32. The van der Waals surface area contributed by atoms with E-state index in [4.69, 9.17) is 9.47 Å². The molecule has 220 valence electrons. The maximum atomic E-state index is 13.5. The molecule has 38 heavy (non-hydrogen) atoms. The molecule has 4 nitrogen and oxygen atoms in total. The van der Waals surface area contributed by atoms with Crippen molar-refractivity contribution in [3.8, 4) is 5.75 Å². The number of benzene rings is 1. The van der Waals surface area contributed by atoms with Crippen molar-refractivity contribution in [3.05, 3.63) is 29.1 Å². The molecular weight excluding hydrogens is 507 g/mol. The highest BCUT2D eigenvalue weighted by molar-refractivity contribution is 5.72. The molecule has 0 saturated heterocycles. The van der Waals surface area contributed by atoms with Gasteiger partial charge in [-0.05, 0) is 6.42 Å². The summed E-state index contributed by atoms with van der Waals surface area (Å²) in [6.07, 6.45) is 20.4. The standard InChI is InChI=1S/C29H45F5O4/c1-2-3-4-5-6-7-8-9-10-11-12-13-14-15-16-17-19-36-21-22-37-20-18-23(35)38-29-27(33)25(31)24(30)26(32)28(29)34/h2-22H2,1H3. The topological polar surface area (TPSA) is 44.8 Å². The number of carbonyl (C=O) groups excluding carboxylic acids is 1. The Hall–Kier alpha value is -1.74. The summed E-state index contributed by atoms with van der Waals surface area (Å²) in [6, 6.07) is 0. The Morgan fingerprint density at radius 3 is 1.32 bits per heavy atom. The molecule has 0 aliphatic rings. The van der Waals surface area contributed by atoms with Gasteiger partial charge in [-0.3, -0.25) is 4.79 Å². The summed E-state index contributed by atoms with van der Waals surface area (Å²) in [7, 11) is 0. The largest absolute Gasteiger partial charge is 0.420 e. The van der Waals surface area contributed by atoms with Gasteiger partial charge in [-0.15, -0.1) is 0 Å². The molecule has 0 bridgehead atoms. The lowest BCUT2D eigenvalue weighted by molar-refractivity contribution is -0.136. The third kappa shape index (κ3) is 15.0. The molecule has 0 saturated carbocycles. The molecule has 9 heteroatoms. The summed E-state index contributed by atoms with van der Waals surface area (Å²) in [5.41, 5.74) is 0. The van der Waals surface area contributed by atoms with Crippen LogP contribution in [0.1, 0.15) is 116 Å². The third-order valence-corrected chi connectivity index (χ3v) is 6.35. The van der Waals surface area contributed by atoms with Crippen LogP contribution in [0.15, 0.2) is 0 Å². The minimum Gasteiger partial charge on any atom is -0.420 e. The summed E-state index contributed by atoms with van der Waals surface area (Å²) in [6.45, 7) is 3.25. The zero-order chi connectivity index (χ0) is 28.0. The molecule has 0 heterocycles. The number of unbranched alkanes of at least 4 members (excludes halogenated alkanes) is 15. The Kier molecular flexibility index (Phi) is 20.0. The number of esters is 1. The van der Waals surface area contributed by atoms with Crippen LogP contribution in [0.25, 0.3) is 0 Å². The van der Waals surface area contributed by atoms with Gasteiger partial charge in [0.2, 0.25) is 34.8 Å². The van der Waals surface area contributed by atoms with Crippen molar-refractivity contribution in [1.29, 1.82) is 0 Å². The highest BCUT2D eigenvalue weighted by Crippen LogP contribution is 2.29. The van der Waals surface area contributed by atoms with Gasteiger partial charge < -0.3 is 14.2 Å². The van der Waals surface area contributed by atoms with Crippen molar-refractivity contribution in [2.75, 3.05) is 26.4 Å². The van der Waals surface area contributed by atoms with Crippen LogP contribution < -0.4 is 4.74 Å². The van der Waals surface area contributed by atoms with E-state index >= 15 is 0 Å². The summed E-state index contributed by atoms with van der Waals surface area (Å²) < 4.78 is 81.2. The van der Waals surface area contributed by atoms with Gasteiger partial charge in [0.25, 0.3) is 0 Å². The number of ether oxygens (including phenoxy) is 3. The second-order valence-electron chi connectivity index (χ2n) is 9.65. The predicted octanol–water partition coefficient (Wildman–Crippen LogP) is 8.97. The van der Waals surface area contributed by atoms with Gasteiger partial charge >= 0.3 is 5.97 Å². The average Bonchev–Trinajstić information content (AvgIpc) is 2.91. The number of rotatable bonds is 24. The fourth-order valence-corrected chi connectivity index (χ4v) is 4.07. The lowest BCUT2D eigenvalue weighted by Crippen LogP contribution is -2.16. The maximum absolute atomic E-state index is 13.5. The SMILES string of the molecule is CCCCCCCCCCCCCCCCCCOCCOCCC(=O)Oc1c(F)c(F)c(F)c(F)c1F. The van der Waals surface area contributed by atoms with Gasteiger partial charge in [0, 0.05) is 6.61 Å². The van der Waals surface area contributed by atoms with Crippen molar-refractivity contribution >= 4 is 5.97 Å². The summed E-state index contributed by atoms with van der Waals surface area (Å²) >= 11 is 0. The molecule has 0 atom stereocenters. The summed E-state index contributed by atoms with van der Waals surface area (Å²) in [5, 5.41) is 0. The van der Waals surface area contributed by atoms with E-state index in [9.17, 15) is 26.7 Å². The van der Waals surface area contributed by atoms with Crippen LogP contribution in [0.4, 0.5) is 22.0 Å². The van der Waals surface area contributed by atoms with Crippen molar-refractivity contribution in [1.82, 2.24) is 0 Å². The average molecular weight is 553 g/mol. The minimum absolute atomic E-state index is 0.142. The number of carbonyl (C=O) groups is 1. The van der Waals surface area contributed by atoms with E-state index in [0.717, 1.165) is 12.8 Å². The van der Waals surface area contributed by atoms with Crippen LogP contribution in [0.5, 0.6) is 5.75 Å². The maximum Gasteiger partial charge on any atom is 0.313 e. The molecule has 1 aromatic carbocycles. The van der Waals surface area contributed by atoms with E-state index in [1.807, 2.05) is 0 Å². The molecule has 0 amide bonds. The highest BCUT2D eigenvalue weighted by atomic mass is 19.2. The van der Waals surface area contributed by atoms with Gasteiger partial charge in [0.05, 0.1) is 26.2 Å². The normalized spacial score (nSPS) is 11.3. The van der Waals surface area contributed by atoms with Crippen molar-refractivity contribution in [2.24, 2.45) is 0 Å². The fraction of sp³-hybridized carbons (Fsp3) is 0.759. The van der Waals surface area contributed by atoms with E-state index in [2.05, 4.69) is 11.7 Å². The number of hydrogen-bond acceptors (Lipinski definition) is 4. The van der Waals surface area contributed by atoms with Gasteiger partial charge in [-0.1, -0.05) is 103 Å². The summed E-state index contributed by atoms with van der Waals surface area (Å²) in [5.74, 6) is -13.9. The third-order valence-electron chi connectivity index (χ3n) is 6.35. The van der Waals surface area contributed by atoms with Crippen molar-refractivity contribution < 1.29 is 41.0 Å². The molecule has 1 aromatic rings.